The monoisotopic (exact) mass is 582 g/mol. The van der Waals surface area contributed by atoms with E-state index in [0.29, 0.717) is 70.0 Å². The van der Waals surface area contributed by atoms with Gasteiger partial charge in [-0.05, 0) is 68.9 Å². The Labute approximate surface area is 247 Å². The van der Waals surface area contributed by atoms with Crippen LogP contribution < -0.4 is 15.0 Å². The lowest BCUT2D eigenvalue weighted by Gasteiger charge is -2.40. The van der Waals surface area contributed by atoms with E-state index < -0.39 is 11.4 Å². The second kappa shape index (κ2) is 9.96. The molecule has 0 saturated heterocycles. The molecule has 1 fully saturated rings. The number of aromatic nitrogens is 4. The lowest BCUT2D eigenvalue weighted by molar-refractivity contribution is -0.132. The summed E-state index contributed by atoms with van der Waals surface area (Å²) in [4.78, 5) is 38.1. The number of carbonyl (C=O) groups is 2. The molecule has 43 heavy (non-hydrogen) atoms. The molecule has 1 aromatic carbocycles. The number of rotatable bonds is 5. The van der Waals surface area contributed by atoms with E-state index in [2.05, 4.69) is 20.5 Å². The van der Waals surface area contributed by atoms with Crippen LogP contribution >= 0.6 is 0 Å². The summed E-state index contributed by atoms with van der Waals surface area (Å²) in [6, 6.07) is 8.41. The van der Waals surface area contributed by atoms with Crippen LogP contribution in [0, 0.1) is 18.7 Å². The summed E-state index contributed by atoms with van der Waals surface area (Å²) in [6.45, 7) is 7.92. The molecule has 1 N–H and O–H groups in total. The first kappa shape index (κ1) is 27.2. The number of anilines is 1. The van der Waals surface area contributed by atoms with Gasteiger partial charge in [-0.15, -0.1) is 10.2 Å². The topological polar surface area (TPSA) is 123 Å². The van der Waals surface area contributed by atoms with Crippen LogP contribution in [0.2, 0.25) is 0 Å². The number of hydrogen-bond acceptors (Lipinski definition) is 8. The van der Waals surface area contributed by atoms with Crippen molar-refractivity contribution in [2.24, 2.45) is 5.92 Å². The van der Waals surface area contributed by atoms with E-state index in [1.807, 2.05) is 25.1 Å². The Morgan fingerprint density at radius 2 is 1.91 bits per heavy atom. The first-order valence-electron chi connectivity index (χ1n) is 14.5. The highest BCUT2D eigenvalue weighted by Crippen LogP contribution is 2.49. The number of carbonyl (C=O) groups excluding carboxylic acids is 2. The average Bonchev–Trinajstić information content (AvgIpc) is 3.38. The predicted molar refractivity (Wildman–Crippen MR) is 155 cm³/mol. The fourth-order valence-electron chi connectivity index (χ4n) is 6.35. The smallest absolute Gasteiger partial charge is 0.271 e. The second-order valence-electron chi connectivity index (χ2n) is 11.9. The van der Waals surface area contributed by atoms with Crippen molar-refractivity contribution in [3.05, 3.63) is 70.9 Å². The maximum Gasteiger partial charge on any atom is 0.271 e. The zero-order valence-electron chi connectivity index (χ0n) is 24.4. The Bertz CT molecular complexity index is 1780. The number of hydrogen-bond donors (Lipinski definition) is 1. The molecule has 10 nitrogen and oxygen atoms in total. The van der Waals surface area contributed by atoms with Gasteiger partial charge in [0.2, 0.25) is 11.8 Å². The third kappa shape index (κ3) is 4.54. The Kier molecular flexibility index (Phi) is 6.30. The first-order chi connectivity index (χ1) is 20.6. The maximum atomic E-state index is 13.8. The van der Waals surface area contributed by atoms with Crippen LogP contribution in [0.4, 0.5) is 10.1 Å². The predicted octanol–water partition coefficient (Wildman–Crippen LogP) is 5.14. The highest BCUT2D eigenvalue weighted by atomic mass is 19.1. The van der Waals surface area contributed by atoms with Crippen LogP contribution in [0.3, 0.4) is 0 Å². The number of pyridine rings is 2. The van der Waals surface area contributed by atoms with E-state index >= 15 is 0 Å². The Morgan fingerprint density at radius 1 is 1.09 bits per heavy atom. The lowest BCUT2D eigenvalue weighted by atomic mass is 9.70. The summed E-state index contributed by atoms with van der Waals surface area (Å²) < 4.78 is 25.8. The molecule has 3 aliphatic heterocycles. The van der Waals surface area contributed by atoms with E-state index in [1.165, 1.54) is 6.07 Å². The molecule has 4 aliphatic rings. The Hall–Kier alpha value is -4.67. The van der Waals surface area contributed by atoms with Gasteiger partial charge >= 0.3 is 0 Å². The number of ether oxygens (including phenoxy) is 1. The first-order valence-corrected chi connectivity index (χ1v) is 14.5. The number of benzene rings is 1. The highest BCUT2D eigenvalue weighted by Gasteiger charge is 2.43. The zero-order valence-corrected chi connectivity index (χ0v) is 24.4. The minimum absolute atomic E-state index is 0.140. The summed E-state index contributed by atoms with van der Waals surface area (Å²) in [7, 11) is 0. The van der Waals surface area contributed by atoms with E-state index in [-0.39, 0.29) is 24.3 Å². The minimum atomic E-state index is -1.18. The van der Waals surface area contributed by atoms with Crippen LogP contribution in [0.5, 0.6) is 5.75 Å². The number of fused-ring (bicyclic) bond motifs is 3. The van der Waals surface area contributed by atoms with Crippen LogP contribution in [0.15, 0.2) is 40.9 Å². The van der Waals surface area contributed by atoms with Gasteiger partial charge in [-0.25, -0.2) is 4.39 Å². The number of amides is 2. The van der Waals surface area contributed by atoms with Crippen molar-refractivity contribution in [1.29, 1.82) is 0 Å². The van der Waals surface area contributed by atoms with Crippen LogP contribution in [-0.4, -0.2) is 44.1 Å². The molecule has 2 amide bonds. The molecule has 6 heterocycles. The van der Waals surface area contributed by atoms with E-state index in [1.54, 1.807) is 31.7 Å². The summed E-state index contributed by atoms with van der Waals surface area (Å²) in [5.74, 6) is 0.920. The van der Waals surface area contributed by atoms with Gasteiger partial charge in [0.15, 0.2) is 5.60 Å². The number of nitrogens with one attached hydrogen (secondary N) is 1. The molecule has 0 atom stereocenters. The molecule has 3 aromatic heterocycles. The summed E-state index contributed by atoms with van der Waals surface area (Å²) >= 11 is 0. The van der Waals surface area contributed by atoms with Crippen LogP contribution in [-0.2, 0) is 17.8 Å². The largest absolute Gasteiger partial charge is 0.476 e. The Balaban J connectivity index is 1.44. The molecule has 2 bridgehead atoms. The molecular formula is C32H31FN6O4. The quantitative estimate of drug-likeness (QED) is 0.343. The standard InChI is InChI=1S/C32H31FN6O4/c1-5-22-26(30-38-37-16(2)42-30)25(27-28(36-22)19-10-17(11-19)13-35-29(27)40)18-6-9-23-24(12-18)43-32(3,4)31(41)39(23)15-21-8-7-20(33)14-34-21/h6-9,12,14,17,19H,5,10-11,13,15H2,1-4H3,(H,35,40). The van der Waals surface area contributed by atoms with E-state index in [9.17, 15) is 14.0 Å². The number of halogens is 1. The fraction of sp³-hybridized carbons (Fsp3) is 0.375. The SMILES string of the molecule is CCc1nc2c(c(-c3ccc4c(c3)OC(C)(C)C(=O)N4Cc3ccc(F)cn3)c1-c1nnc(C)o1)C(=O)NCC1CC2C1. The fourth-order valence-corrected chi connectivity index (χ4v) is 6.35. The molecule has 1 saturated carbocycles. The molecule has 0 radical (unpaired) electrons. The average molecular weight is 583 g/mol. The van der Waals surface area contributed by atoms with Gasteiger partial charge in [0.25, 0.3) is 11.8 Å². The Morgan fingerprint density at radius 3 is 2.60 bits per heavy atom. The normalized spacial score (nSPS) is 20.3. The molecule has 0 unspecified atom stereocenters. The van der Waals surface area contributed by atoms with Crippen molar-refractivity contribution >= 4 is 17.5 Å². The van der Waals surface area contributed by atoms with Crippen LogP contribution in [0.25, 0.3) is 22.6 Å². The van der Waals surface area contributed by atoms with Gasteiger partial charge in [0.1, 0.15) is 11.6 Å². The second-order valence-corrected chi connectivity index (χ2v) is 11.9. The van der Waals surface area contributed by atoms with E-state index in [0.717, 1.165) is 30.4 Å². The van der Waals surface area contributed by atoms with Gasteiger partial charge < -0.3 is 14.5 Å². The third-order valence-electron chi connectivity index (χ3n) is 8.55. The molecule has 1 aliphatic carbocycles. The van der Waals surface area contributed by atoms with Crippen molar-refractivity contribution in [3.8, 4) is 28.3 Å². The van der Waals surface area contributed by atoms with Crippen molar-refractivity contribution in [3.63, 3.8) is 0 Å². The molecule has 11 heteroatoms. The van der Waals surface area contributed by atoms with Crippen molar-refractivity contribution < 1.29 is 23.1 Å². The molecule has 220 valence electrons. The van der Waals surface area contributed by atoms with Gasteiger partial charge in [-0.3, -0.25) is 24.5 Å². The number of aryl methyl sites for hydroxylation is 2. The van der Waals surface area contributed by atoms with Gasteiger partial charge in [-0.1, -0.05) is 13.0 Å². The summed E-state index contributed by atoms with van der Waals surface area (Å²) in [5.41, 5.74) is 3.94. The van der Waals surface area contributed by atoms with Gasteiger partial charge in [0.05, 0.1) is 46.6 Å². The summed E-state index contributed by atoms with van der Waals surface area (Å²) in [6.07, 6.45) is 3.67. The summed E-state index contributed by atoms with van der Waals surface area (Å²) in [5, 5.41) is 11.5. The van der Waals surface area contributed by atoms with Crippen LogP contribution in [0.1, 0.15) is 72.9 Å². The maximum absolute atomic E-state index is 13.8. The van der Waals surface area contributed by atoms with Gasteiger partial charge in [-0.2, -0.15) is 0 Å². The zero-order chi connectivity index (χ0) is 30.0. The third-order valence-corrected chi connectivity index (χ3v) is 8.55. The molecular weight excluding hydrogens is 551 g/mol. The lowest BCUT2D eigenvalue weighted by Crippen LogP contribution is -2.52. The number of nitrogens with zero attached hydrogens (tertiary/aromatic N) is 5. The van der Waals surface area contributed by atoms with Crippen molar-refractivity contribution in [2.75, 3.05) is 11.4 Å². The molecule has 8 rings (SSSR count). The van der Waals surface area contributed by atoms with Gasteiger partial charge in [0, 0.05) is 24.9 Å². The van der Waals surface area contributed by atoms with Crippen molar-refractivity contribution in [1.82, 2.24) is 25.5 Å². The van der Waals surface area contributed by atoms with E-state index in [4.69, 9.17) is 14.1 Å². The van der Waals surface area contributed by atoms with Crippen molar-refractivity contribution in [2.45, 2.75) is 65.0 Å². The molecule has 4 aromatic rings. The molecule has 0 spiro atoms. The highest BCUT2D eigenvalue weighted by molar-refractivity contribution is 6.07. The minimum Gasteiger partial charge on any atom is -0.476 e.